The lowest BCUT2D eigenvalue weighted by Gasteiger charge is -2.38. The van der Waals surface area contributed by atoms with Crippen LogP contribution >= 0.6 is 11.3 Å². The SMILES string of the molecule is CCc1sc(-c2nnc(CN3CC(n4cc(C)cn4)C3)o2)cc1C. The van der Waals surface area contributed by atoms with E-state index in [-0.39, 0.29) is 0 Å². The second-order valence-electron chi connectivity index (χ2n) is 6.42. The molecule has 1 aliphatic rings. The van der Waals surface area contributed by atoms with Crippen LogP contribution in [0.15, 0.2) is 22.9 Å². The fraction of sp³-hybridized carbons (Fsp3) is 0.471. The summed E-state index contributed by atoms with van der Waals surface area (Å²) in [6, 6.07) is 2.59. The number of aryl methyl sites for hydroxylation is 3. The molecule has 0 radical (unpaired) electrons. The van der Waals surface area contributed by atoms with Gasteiger partial charge in [-0.25, -0.2) is 0 Å². The Hall–Kier alpha value is -1.99. The molecule has 6 nitrogen and oxygen atoms in total. The minimum atomic E-state index is 0.452. The number of hydrogen-bond acceptors (Lipinski definition) is 6. The van der Waals surface area contributed by atoms with Gasteiger partial charge in [-0.15, -0.1) is 21.5 Å². The molecule has 0 N–H and O–H groups in total. The van der Waals surface area contributed by atoms with Crippen LogP contribution in [0.4, 0.5) is 0 Å². The maximum absolute atomic E-state index is 5.86. The summed E-state index contributed by atoms with van der Waals surface area (Å²) in [7, 11) is 0. The smallest absolute Gasteiger partial charge is 0.257 e. The van der Waals surface area contributed by atoms with Crippen molar-refractivity contribution >= 4 is 11.3 Å². The molecular formula is C17H21N5OS. The van der Waals surface area contributed by atoms with E-state index in [1.54, 1.807) is 11.3 Å². The Labute approximate surface area is 145 Å². The van der Waals surface area contributed by atoms with Gasteiger partial charge in [0.2, 0.25) is 5.89 Å². The summed E-state index contributed by atoms with van der Waals surface area (Å²) < 4.78 is 7.91. The quantitative estimate of drug-likeness (QED) is 0.712. The van der Waals surface area contributed by atoms with E-state index in [9.17, 15) is 0 Å². The first-order valence-corrected chi connectivity index (χ1v) is 9.09. The molecule has 0 saturated carbocycles. The van der Waals surface area contributed by atoms with Gasteiger partial charge in [0.05, 0.1) is 23.7 Å². The maximum Gasteiger partial charge on any atom is 0.257 e. The topological polar surface area (TPSA) is 60.0 Å². The van der Waals surface area contributed by atoms with Crippen LogP contribution in [0, 0.1) is 13.8 Å². The minimum Gasteiger partial charge on any atom is -0.419 e. The van der Waals surface area contributed by atoms with E-state index in [2.05, 4.69) is 53.2 Å². The minimum absolute atomic E-state index is 0.452. The van der Waals surface area contributed by atoms with Crippen LogP contribution in [0.2, 0.25) is 0 Å². The fourth-order valence-electron chi connectivity index (χ4n) is 3.06. The van der Waals surface area contributed by atoms with Gasteiger partial charge in [0.15, 0.2) is 0 Å². The van der Waals surface area contributed by atoms with Crippen LogP contribution in [0.1, 0.15) is 34.9 Å². The molecule has 126 valence electrons. The molecule has 3 aromatic rings. The number of nitrogens with zero attached hydrogens (tertiary/aromatic N) is 5. The monoisotopic (exact) mass is 343 g/mol. The van der Waals surface area contributed by atoms with Crippen molar-refractivity contribution in [2.75, 3.05) is 13.1 Å². The van der Waals surface area contributed by atoms with Gasteiger partial charge in [-0.2, -0.15) is 5.10 Å². The molecule has 0 aliphatic carbocycles. The van der Waals surface area contributed by atoms with Gasteiger partial charge >= 0.3 is 0 Å². The van der Waals surface area contributed by atoms with E-state index in [1.165, 1.54) is 16.0 Å². The third-order valence-corrected chi connectivity index (χ3v) is 5.79. The second kappa shape index (κ2) is 6.14. The van der Waals surface area contributed by atoms with Crippen molar-refractivity contribution in [1.82, 2.24) is 24.9 Å². The van der Waals surface area contributed by atoms with Crippen molar-refractivity contribution in [2.45, 2.75) is 39.8 Å². The summed E-state index contributed by atoms with van der Waals surface area (Å²) in [5.74, 6) is 1.32. The predicted molar refractivity (Wildman–Crippen MR) is 93.0 cm³/mol. The first kappa shape index (κ1) is 15.5. The fourth-order valence-corrected chi connectivity index (χ4v) is 4.09. The highest BCUT2D eigenvalue weighted by molar-refractivity contribution is 7.15. The van der Waals surface area contributed by atoms with Crippen LogP contribution in [-0.2, 0) is 13.0 Å². The Kier molecular flexibility index (Phi) is 3.97. The Bertz CT molecular complexity index is 843. The molecule has 4 heterocycles. The van der Waals surface area contributed by atoms with Gasteiger partial charge in [0.1, 0.15) is 0 Å². The van der Waals surface area contributed by atoms with Crippen molar-refractivity contribution in [3.8, 4) is 10.8 Å². The largest absolute Gasteiger partial charge is 0.419 e. The molecule has 3 aromatic heterocycles. The van der Waals surface area contributed by atoms with Crippen molar-refractivity contribution in [2.24, 2.45) is 0 Å². The van der Waals surface area contributed by atoms with E-state index in [0.29, 0.717) is 24.4 Å². The lowest BCUT2D eigenvalue weighted by Crippen LogP contribution is -2.47. The first-order valence-electron chi connectivity index (χ1n) is 8.27. The molecule has 1 fully saturated rings. The van der Waals surface area contributed by atoms with Gasteiger partial charge in [-0.1, -0.05) is 6.92 Å². The van der Waals surface area contributed by atoms with Crippen molar-refractivity contribution in [3.63, 3.8) is 0 Å². The number of likely N-dealkylation sites (tertiary alicyclic amines) is 1. The van der Waals surface area contributed by atoms with Crippen molar-refractivity contribution in [1.29, 1.82) is 0 Å². The molecular weight excluding hydrogens is 322 g/mol. The number of aromatic nitrogens is 4. The third kappa shape index (κ3) is 2.89. The average molecular weight is 343 g/mol. The Morgan fingerprint density at radius 2 is 2.12 bits per heavy atom. The molecule has 24 heavy (non-hydrogen) atoms. The van der Waals surface area contributed by atoms with Crippen LogP contribution in [0.3, 0.4) is 0 Å². The molecule has 7 heteroatoms. The van der Waals surface area contributed by atoms with Gasteiger partial charge in [-0.3, -0.25) is 9.58 Å². The normalized spacial score (nSPS) is 15.8. The highest BCUT2D eigenvalue weighted by Gasteiger charge is 2.30. The van der Waals surface area contributed by atoms with Crippen molar-refractivity contribution in [3.05, 3.63) is 40.4 Å². The zero-order chi connectivity index (χ0) is 16.7. The molecule has 0 spiro atoms. The summed E-state index contributed by atoms with van der Waals surface area (Å²) in [6.07, 6.45) is 5.04. The van der Waals surface area contributed by atoms with E-state index in [0.717, 1.165) is 24.4 Å². The first-order chi connectivity index (χ1) is 11.6. The van der Waals surface area contributed by atoms with Crippen molar-refractivity contribution < 1.29 is 4.42 Å². The lowest BCUT2D eigenvalue weighted by atomic mass is 10.1. The summed E-state index contributed by atoms with van der Waals surface area (Å²) in [4.78, 5) is 4.75. The van der Waals surface area contributed by atoms with Gasteiger partial charge < -0.3 is 4.42 Å². The van der Waals surface area contributed by atoms with Gasteiger partial charge in [-0.05, 0) is 37.5 Å². The van der Waals surface area contributed by atoms with Crippen LogP contribution in [0.5, 0.6) is 0 Å². The molecule has 0 atom stereocenters. The zero-order valence-corrected chi connectivity index (χ0v) is 15.0. The van der Waals surface area contributed by atoms with E-state index < -0.39 is 0 Å². The Morgan fingerprint density at radius 1 is 1.29 bits per heavy atom. The summed E-state index contributed by atoms with van der Waals surface area (Å²) in [6.45, 7) is 9.01. The maximum atomic E-state index is 5.86. The molecule has 0 unspecified atom stereocenters. The summed E-state index contributed by atoms with van der Waals surface area (Å²) in [5.41, 5.74) is 2.50. The zero-order valence-electron chi connectivity index (χ0n) is 14.2. The molecule has 0 aromatic carbocycles. The summed E-state index contributed by atoms with van der Waals surface area (Å²) >= 11 is 1.74. The van der Waals surface area contributed by atoms with Gasteiger partial charge in [0, 0.05) is 24.2 Å². The van der Waals surface area contributed by atoms with E-state index in [4.69, 9.17) is 4.42 Å². The van der Waals surface area contributed by atoms with Crippen LogP contribution in [0.25, 0.3) is 10.8 Å². The molecule has 1 saturated heterocycles. The highest BCUT2D eigenvalue weighted by Crippen LogP contribution is 2.31. The highest BCUT2D eigenvalue weighted by atomic mass is 32.1. The van der Waals surface area contributed by atoms with E-state index in [1.807, 2.05) is 10.9 Å². The molecule has 0 amide bonds. The Morgan fingerprint density at radius 3 is 2.79 bits per heavy atom. The number of thiophene rings is 1. The predicted octanol–water partition coefficient (Wildman–Crippen LogP) is 3.23. The second-order valence-corrected chi connectivity index (χ2v) is 7.55. The van der Waals surface area contributed by atoms with Gasteiger partial charge in [0.25, 0.3) is 5.89 Å². The number of hydrogen-bond donors (Lipinski definition) is 0. The summed E-state index contributed by atoms with van der Waals surface area (Å²) in [5, 5.41) is 12.8. The van der Waals surface area contributed by atoms with E-state index >= 15 is 0 Å². The Balaban J connectivity index is 1.38. The van der Waals surface area contributed by atoms with Crippen LogP contribution < -0.4 is 0 Å². The number of rotatable bonds is 5. The molecule has 4 rings (SSSR count). The average Bonchev–Trinajstić information content (AvgIpc) is 3.22. The molecule has 1 aliphatic heterocycles. The standard InChI is InChI=1S/C17H21N5OS/c1-4-14-12(3)5-15(24-14)17-20-19-16(23-17)10-21-8-13(9-21)22-7-11(2)6-18-22/h5-7,13H,4,8-10H2,1-3H3. The lowest BCUT2D eigenvalue weighted by molar-refractivity contribution is 0.0817. The van der Waals surface area contributed by atoms with Crippen LogP contribution in [-0.4, -0.2) is 38.0 Å². The third-order valence-electron chi connectivity index (χ3n) is 4.42. The molecule has 0 bridgehead atoms.